The van der Waals surface area contributed by atoms with E-state index in [2.05, 4.69) is 9.97 Å². The van der Waals surface area contributed by atoms with Gasteiger partial charge in [0.05, 0.1) is 19.3 Å². The number of nitrogens with zero attached hydrogens (tertiary/aromatic N) is 3. The quantitative estimate of drug-likeness (QED) is 0.914. The average Bonchev–Trinajstić information content (AvgIpc) is 2.45. The van der Waals surface area contributed by atoms with E-state index in [0.29, 0.717) is 18.7 Å². The highest BCUT2D eigenvalue weighted by Crippen LogP contribution is 2.24. The zero-order valence-electron chi connectivity index (χ0n) is 13.7. The number of halogens is 1. The van der Waals surface area contributed by atoms with Crippen molar-refractivity contribution in [2.24, 2.45) is 5.92 Å². The molecule has 2 rings (SSSR count). The van der Waals surface area contributed by atoms with Gasteiger partial charge >= 0.3 is 6.09 Å². The van der Waals surface area contributed by atoms with Crippen LogP contribution in [0.4, 0.5) is 15.0 Å². The fourth-order valence-electron chi connectivity index (χ4n) is 2.27. The average molecular weight is 326 g/mol. The van der Waals surface area contributed by atoms with E-state index in [9.17, 15) is 9.18 Å². The van der Waals surface area contributed by atoms with Crippen LogP contribution in [-0.2, 0) is 4.74 Å². The molecule has 1 aromatic rings. The fraction of sp³-hybridized carbons (Fsp3) is 0.667. The number of piperidine rings is 1. The number of nitrogens with two attached hydrogens (primary N) is 1. The molecule has 1 fully saturated rings. The molecule has 8 heteroatoms. The Balaban J connectivity index is 1.84. The highest BCUT2D eigenvalue weighted by Gasteiger charge is 2.34. The number of hydrogen-bond acceptors (Lipinski definition) is 6. The van der Waals surface area contributed by atoms with Gasteiger partial charge in [-0.3, -0.25) is 0 Å². The van der Waals surface area contributed by atoms with Crippen molar-refractivity contribution in [1.29, 1.82) is 0 Å². The van der Waals surface area contributed by atoms with E-state index >= 15 is 0 Å². The lowest BCUT2D eigenvalue weighted by molar-refractivity contribution is 0.000423. The van der Waals surface area contributed by atoms with Crippen molar-refractivity contribution >= 4 is 11.9 Å². The number of carbonyl (C=O) groups excluding carboxylic acids is 1. The Morgan fingerprint density at radius 3 is 2.87 bits per heavy atom. The van der Waals surface area contributed by atoms with Crippen molar-refractivity contribution in [3.8, 4) is 5.75 Å². The Kier molecular flexibility index (Phi) is 5.23. The third kappa shape index (κ3) is 4.94. The van der Waals surface area contributed by atoms with Crippen LogP contribution in [-0.4, -0.2) is 52.4 Å². The summed E-state index contributed by atoms with van der Waals surface area (Å²) in [4.78, 5) is 21.0. The van der Waals surface area contributed by atoms with Crippen LogP contribution in [0.2, 0.25) is 0 Å². The van der Waals surface area contributed by atoms with Crippen LogP contribution in [0, 0.1) is 5.92 Å². The predicted octanol–water partition coefficient (Wildman–Crippen LogP) is 2.03. The lowest BCUT2D eigenvalue weighted by Gasteiger charge is -2.35. The summed E-state index contributed by atoms with van der Waals surface area (Å²) < 4.78 is 25.1. The van der Waals surface area contributed by atoms with Gasteiger partial charge in [-0.05, 0) is 27.2 Å². The highest BCUT2D eigenvalue weighted by molar-refractivity contribution is 5.68. The van der Waals surface area contributed by atoms with Gasteiger partial charge in [0.1, 0.15) is 18.1 Å². The molecule has 0 spiro atoms. The van der Waals surface area contributed by atoms with E-state index in [0.717, 1.165) is 0 Å². The maximum atomic E-state index is 14.3. The molecule has 1 aliphatic rings. The SMILES string of the molecule is CC(C)(C)OC(=O)N1CC[C@H](COc2cncnc2N)[C@@H](F)C1. The Hall–Kier alpha value is -2.12. The molecule has 1 aromatic heterocycles. The van der Waals surface area contributed by atoms with Crippen LogP contribution in [0.5, 0.6) is 5.75 Å². The Morgan fingerprint density at radius 2 is 2.26 bits per heavy atom. The first-order valence-electron chi connectivity index (χ1n) is 7.56. The van der Waals surface area contributed by atoms with Gasteiger partial charge in [0.25, 0.3) is 0 Å². The number of ether oxygens (including phenoxy) is 2. The summed E-state index contributed by atoms with van der Waals surface area (Å²) >= 11 is 0. The maximum Gasteiger partial charge on any atom is 0.410 e. The number of likely N-dealkylation sites (tertiary alicyclic amines) is 1. The number of anilines is 1. The van der Waals surface area contributed by atoms with Crippen molar-refractivity contribution in [2.45, 2.75) is 39.0 Å². The van der Waals surface area contributed by atoms with E-state index in [-0.39, 0.29) is 24.9 Å². The van der Waals surface area contributed by atoms with E-state index in [1.807, 2.05) is 0 Å². The number of carbonyl (C=O) groups is 1. The summed E-state index contributed by atoms with van der Waals surface area (Å²) in [6.45, 7) is 5.95. The summed E-state index contributed by atoms with van der Waals surface area (Å²) in [5.74, 6) is 0.254. The Bertz CT molecular complexity index is 550. The van der Waals surface area contributed by atoms with Gasteiger partial charge in [0.15, 0.2) is 11.6 Å². The van der Waals surface area contributed by atoms with Crippen LogP contribution in [0.15, 0.2) is 12.5 Å². The van der Waals surface area contributed by atoms with Crippen molar-refractivity contribution in [3.63, 3.8) is 0 Å². The zero-order valence-corrected chi connectivity index (χ0v) is 13.7. The molecule has 1 amide bonds. The first-order chi connectivity index (χ1) is 10.8. The van der Waals surface area contributed by atoms with Gasteiger partial charge in [0.2, 0.25) is 0 Å². The van der Waals surface area contributed by atoms with Gasteiger partial charge in [-0.15, -0.1) is 0 Å². The van der Waals surface area contributed by atoms with Crippen LogP contribution < -0.4 is 10.5 Å². The fourth-order valence-corrected chi connectivity index (χ4v) is 2.27. The summed E-state index contributed by atoms with van der Waals surface area (Å²) in [6, 6.07) is 0. The zero-order chi connectivity index (χ0) is 17.0. The predicted molar refractivity (Wildman–Crippen MR) is 82.7 cm³/mol. The number of rotatable bonds is 3. The van der Waals surface area contributed by atoms with Crippen LogP contribution in [0.25, 0.3) is 0 Å². The van der Waals surface area contributed by atoms with E-state index in [1.54, 1.807) is 20.8 Å². The molecule has 0 aliphatic carbocycles. The molecule has 1 aliphatic heterocycles. The third-order valence-corrected chi connectivity index (χ3v) is 3.49. The third-order valence-electron chi connectivity index (χ3n) is 3.49. The summed E-state index contributed by atoms with van der Waals surface area (Å²) in [5, 5.41) is 0. The lowest BCUT2D eigenvalue weighted by Crippen LogP contribution is -2.48. The van der Waals surface area contributed by atoms with Crippen molar-refractivity contribution in [2.75, 3.05) is 25.4 Å². The molecule has 2 N–H and O–H groups in total. The standard InChI is InChI=1S/C15H23FN4O3/c1-15(2,3)23-14(21)20-5-4-10(11(16)7-20)8-22-12-6-18-9-19-13(12)17/h6,9-11H,4-5,7-8H2,1-3H3,(H2,17,18,19)/t10-,11+/m1/s1. The number of alkyl halides is 1. The van der Waals surface area contributed by atoms with Crippen LogP contribution in [0.1, 0.15) is 27.2 Å². The van der Waals surface area contributed by atoms with Gasteiger partial charge in [-0.1, -0.05) is 0 Å². The van der Waals surface area contributed by atoms with Crippen LogP contribution >= 0.6 is 0 Å². The number of amides is 1. The van der Waals surface area contributed by atoms with E-state index in [1.165, 1.54) is 17.4 Å². The molecule has 128 valence electrons. The molecular weight excluding hydrogens is 303 g/mol. The van der Waals surface area contributed by atoms with E-state index < -0.39 is 17.9 Å². The van der Waals surface area contributed by atoms with Crippen LogP contribution in [0.3, 0.4) is 0 Å². The largest absolute Gasteiger partial charge is 0.488 e. The molecule has 7 nitrogen and oxygen atoms in total. The van der Waals surface area contributed by atoms with Gasteiger partial charge in [-0.25, -0.2) is 19.2 Å². The minimum atomic E-state index is -1.18. The smallest absolute Gasteiger partial charge is 0.410 e. The number of hydrogen-bond donors (Lipinski definition) is 1. The number of aromatic nitrogens is 2. The van der Waals surface area contributed by atoms with Crippen molar-refractivity contribution < 1.29 is 18.7 Å². The lowest BCUT2D eigenvalue weighted by atomic mass is 9.96. The maximum absolute atomic E-state index is 14.3. The normalized spacial score (nSPS) is 21.8. The molecule has 2 atom stereocenters. The first kappa shape index (κ1) is 17.2. The molecule has 0 saturated carbocycles. The topological polar surface area (TPSA) is 90.6 Å². The Labute approximate surface area is 135 Å². The Morgan fingerprint density at radius 1 is 1.52 bits per heavy atom. The molecule has 0 aromatic carbocycles. The molecule has 1 saturated heterocycles. The molecule has 23 heavy (non-hydrogen) atoms. The summed E-state index contributed by atoms with van der Waals surface area (Å²) in [7, 11) is 0. The molecule has 0 bridgehead atoms. The minimum absolute atomic E-state index is 0.00368. The summed E-state index contributed by atoms with van der Waals surface area (Å²) in [5.41, 5.74) is 5.06. The molecule has 2 heterocycles. The molecule has 0 radical (unpaired) electrons. The monoisotopic (exact) mass is 326 g/mol. The first-order valence-corrected chi connectivity index (χ1v) is 7.56. The minimum Gasteiger partial charge on any atom is -0.488 e. The highest BCUT2D eigenvalue weighted by atomic mass is 19.1. The second kappa shape index (κ2) is 6.97. The van der Waals surface area contributed by atoms with Crippen molar-refractivity contribution in [1.82, 2.24) is 14.9 Å². The van der Waals surface area contributed by atoms with Gasteiger partial charge in [-0.2, -0.15) is 0 Å². The molecular formula is C15H23FN4O3. The second-order valence-corrected chi connectivity index (χ2v) is 6.57. The number of nitrogen functional groups attached to an aromatic ring is 1. The van der Waals surface area contributed by atoms with E-state index in [4.69, 9.17) is 15.2 Å². The molecule has 0 unspecified atom stereocenters. The summed E-state index contributed by atoms with van der Waals surface area (Å²) in [6.07, 6.45) is 1.60. The second-order valence-electron chi connectivity index (χ2n) is 6.57. The van der Waals surface area contributed by atoms with Gasteiger partial charge in [0, 0.05) is 12.5 Å². The van der Waals surface area contributed by atoms with Crippen molar-refractivity contribution in [3.05, 3.63) is 12.5 Å². The van der Waals surface area contributed by atoms with Gasteiger partial charge < -0.3 is 20.1 Å².